The molecule has 0 atom stereocenters. The van der Waals surface area contributed by atoms with Crippen LogP contribution in [-0.2, 0) is 0 Å². The SMILES string of the molecule is O=c1[nH]c(=O)c2[nH]cnc2[nH]1.S. The zero-order valence-electron chi connectivity index (χ0n) is 5.84. The molecule has 0 unspecified atom stereocenters. The maximum Gasteiger partial charge on any atom is 0.327 e. The molecule has 0 saturated carbocycles. The largest absolute Gasteiger partial charge is 0.339 e. The van der Waals surface area contributed by atoms with E-state index in [4.69, 9.17) is 0 Å². The average Bonchev–Trinajstić information content (AvgIpc) is 2.34. The Kier molecular flexibility index (Phi) is 2.05. The van der Waals surface area contributed by atoms with E-state index >= 15 is 0 Å². The lowest BCUT2D eigenvalue weighted by Crippen LogP contribution is -2.21. The van der Waals surface area contributed by atoms with Gasteiger partial charge in [-0.05, 0) is 0 Å². The fourth-order valence-corrected chi connectivity index (χ4v) is 0.867. The van der Waals surface area contributed by atoms with Crippen LogP contribution < -0.4 is 11.2 Å². The van der Waals surface area contributed by atoms with Crippen LogP contribution in [-0.4, -0.2) is 19.9 Å². The van der Waals surface area contributed by atoms with Crippen molar-refractivity contribution >= 4 is 24.7 Å². The molecule has 0 aromatic carbocycles. The van der Waals surface area contributed by atoms with Crippen molar-refractivity contribution in [3.8, 4) is 0 Å². The lowest BCUT2D eigenvalue weighted by molar-refractivity contribution is 1.07. The lowest BCUT2D eigenvalue weighted by atomic mass is 10.5. The zero-order chi connectivity index (χ0) is 7.84. The molecule has 0 bridgehead atoms. The summed E-state index contributed by atoms with van der Waals surface area (Å²) in [5.74, 6) is 0. The fraction of sp³-hybridized carbons (Fsp3) is 0. The van der Waals surface area contributed by atoms with E-state index in [-0.39, 0.29) is 24.7 Å². The molecular weight excluding hydrogens is 180 g/mol. The van der Waals surface area contributed by atoms with Crippen molar-refractivity contribution in [3.63, 3.8) is 0 Å². The minimum Gasteiger partial charge on any atom is -0.339 e. The lowest BCUT2D eigenvalue weighted by Gasteiger charge is -1.83. The van der Waals surface area contributed by atoms with Gasteiger partial charge in [-0.25, -0.2) is 9.78 Å². The molecule has 64 valence electrons. The number of nitrogens with zero attached hydrogens (tertiary/aromatic N) is 1. The molecule has 0 aliphatic heterocycles. The van der Waals surface area contributed by atoms with Gasteiger partial charge in [0.2, 0.25) is 0 Å². The smallest absolute Gasteiger partial charge is 0.327 e. The molecule has 0 aliphatic carbocycles. The van der Waals surface area contributed by atoms with Crippen LogP contribution in [0.2, 0.25) is 0 Å². The number of aromatic amines is 3. The van der Waals surface area contributed by atoms with E-state index in [1.807, 2.05) is 0 Å². The first-order chi connectivity index (χ1) is 5.27. The van der Waals surface area contributed by atoms with Crippen molar-refractivity contribution in [2.24, 2.45) is 0 Å². The maximum atomic E-state index is 10.9. The van der Waals surface area contributed by atoms with Crippen LogP contribution in [0.3, 0.4) is 0 Å². The summed E-state index contributed by atoms with van der Waals surface area (Å²) in [7, 11) is 0. The molecule has 0 amide bonds. The van der Waals surface area contributed by atoms with Crippen LogP contribution in [0.25, 0.3) is 11.2 Å². The van der Waals surface area contributed by atoms with Crippen LogP contribution >= 0.6 is 13.5 Å². The second-order valence-corrected chi connectivity index (χ2v) is 2.03. The van der Waals surface area contributed by atoms with Gasteiger partial charge in [0.15, 0.2) is 5.65 Å². The molecule has 12 heavy (non-hydrogen) atoms. The first kappa shape index (κ1) is 8.60. The molecule has 2 aromatic rings. The van der Waals surface area contributed by atoms with E-state index in [0.29, 0.717) is 0 Å². The Morgan fingerprint density at radius 2 is 2.00 bits per heavy atom. The second kappa shape index (κ2) is 2.86. The molecule has 2 rings (SSSR count). The predicted octanol–water partition coefficient (Wildman–Crippen LogP) is -0.948. The van der Waals surface area contributed by atoms with Gasteiger partial charge in [-0.3, -0.25) is 14.8 Å². The Balaban J connectivity index is 0.000000720. The summed E-state index contributed by atoms with van der Waals surface area (Å²) in [5.41, 5.74) is -0.445. The summed E-state index contributed by atoms with van der Waals surface area (Å²) in [6.07, 6.45) is 1.34. The van der Waals surface area contributed by atoms with Crippen molar-refractivity contribution < 1.29 is 0 Å². The topological polar surface area (TPSA) is 94.4 Å². The highest BCUT2D eigenvalue weighted by Crippen LogP contribution is 1.92. The number of fused-ring (bicyclic) bond motifs is 1. The minimum atomic E-state index is -0.547. The number of hydrogen-bond donors (Lipinski definition) is 3. The number of rotatable bonds is 0. The Morgan fingerprint density at radius 3 is 2.75 bits per heavy atom. The van der Waals surface area contributed by atoms with E-state index in [1.165, 1.54) is 6.33 Å². The summed E-state index contributed by atoms with van der Waals surface area (Å²) in [6.45, 7) is 0. The molecule has 0 aliphatic rings. The summed E-state index contributed by atoms with van der Waals surface area (Å²) in [5, 5.41) is 0. The summed E-state index contributed by atoms with van der Waals surface area (Å²) >= 11 is 0. The van der Waals surface area contributed by atoms with E-state index in [9.17, 15) is 9.59 Å². The third kappa shape index (κ3) is 1.14. The van der Waals surface area contributed by atoms with Crippen LogP contribution in [0, 0.1) is 0 Å². The standard InChI is InChI=1S/C5H4N4O2.H2S/c10-4-2-3(7-1-6-2)8-5(11)9-4;/h1H,(H3,6,7,8,9,10,11);1H2. The number of imidazole rings is 1. The van der Waals surface area contributed by atoms with E-state index in [0.717, 1.165) is 0 Å². The number of hydrogen-bond acceptors (Lipinski definition) is 3. The summed E-state index contributed by atoms with van der Waals surface area (Å²) in [4.78, 5) is 32.3. The van der Waals surface area contributed by atoms with Gasteiger partial charge in [0.05, 0.1) is 6.33 Å². The molecule has 2 aromatic heterocycles. The molecule has 7 heteroatoms. The van der Waals surface area contributed by atoms with Crippen molar-refractivity contribution in [1.82, 2.24) is 19.9 Å². The quantitative estimate of drug-likeness (QED) is 0.495. The molecule has 0 radical (unpaired) electrons. The van der Waals surface area contributed by atoms with Gasteiger partial charge >= 0.3 is 5.69 Å². The molecule has 0 fully saturated rings. The number of nitrogens with one attached hydrogen (secondary N) is 3. The maximum absolute atomic E-state index is 10.9. The third-order valence-electron chi connectivity index (χ3n) is 1.33. The van der Waals surface area contributed by atoms with E-state index in [2.05, 4.69) is 19.9 Å². The van der Waals surface area contributed by atoms with Gasteiger partial charge in [-0.2, -0.15) is 13.5 Å². The van der Waals surface area contributed by atoms with Gasteiger partial charge in [0.1, 0.15) is 5.52 Å². The van der Waals surface area contributed by atoms with Crippen LogP contribution in [0.4, 0.5) is 0 Å². The van der Waals surface area contributed by atoms with E-state index in [1.54, 1.807) is 0 Å². The molecule has 0 spiro atoms. The highest BCUT2D eigenvalue weighted by atomic mass is 32.1. The fourth-order valence-electron chi connectivity index (χ4n) is 0.867. The second-order valence-electron chi connectivity index (χ2n) is 2.03. The molecule has 0 saturated heterocycles. The minimum absolute atomic E-state index is 0. The van der Waals surface area contributed by atoms with E-state index < -0.39 is 11.2 Å². The molecule has 3 N–H and O–H groups in total. The number of aromatic nitrogens is 4. The first-order valence-electron chi connectivity index (χ1n) is 2.93. The Morgan fingerprint density at radius 1 is 1.25 bits per heavy atom. The normalized spacial score (nSPS) is 9.67. The van der Waals surface area contributed by atoms with Crippen LogP contribution in [0.5, 0.6) is 0 Å². The first-order valence-corrected chi connectivity index (χ1v) is 2.93. The van der Waals surface area contributed by atoms with Crippen molar-refractivity contribution in [3.05, 3.63) is 27.2 Å². The van der Waals surface area contributed by atoms with Gasteiger partial charge in [0, 0.05) is 0 Å². The monoisotopic (exact) mass is 186 g/mol. The molecule has 6 nitrogen and oxygen atoms in total. The number of H-pyrrole nitrogens is 3. The highest BCUT2D eigenvalue weighted by molar-refractivity contribution is 7.59. The zero-order valence-corrected chi connectivity index (χ0v) is 6.84. The Labute approximate surface area is 72.5 Å². The Hall–Kier alpha value is -1.50. The van der Waals surface area contributed by atoms with Crippen molar-refractivity contribution in [2.75, 3.05) is 0 Å². The van der Waals surface area contributed by atoms with Crippen molar-refractivity contribution in [1.29, 1.82) is 0 Å². The van der Waals surface area contributed by atoms with Crippen LogP contribution in [0.1, 0.15) is 0 Å². The van der Waals surface area contributed by atoms with Gasteiger partial charge in [-0.15, -0.1) is 0 Å². The Bertz CT molecular complexity index is 496. The average molecular weight is 186 g/mol. The third-order valence-corrected chi connectivity index (χ3v) is 1.33. The summed E-state index contributed by atoms with van der Waals surface area (Å²) in [6, 6.07) is 0. The van der Waals surface area contributed by atoms with Crippen LogP contribution in [0.15, 0.2) is 15.9 Å². The van der Waals surface area contributed by atoms with Gasteiger partial charge < -0.3 is 4.98 Å². The molecule has 2 heterocycles. The predicted molar refractivity (Wildman–Crippen MR) is 47.7 cm³/mol. The van der Waals surface area contributed by atoms with Gasteiger partial charge in [0.25, 0.3) is 5.56 Å². The molecular formula is C5H6N4O2S. The van der Waals surface area contributed by atoms with Gasteiger partial charge in [-0.1, -0.05) is 0 Å². The van der Waals surface area contributed by atoms with Crippen molar-refractivity contribution in [2.45, 2.75) is 0 Å². The highest BCUT2D eigenvalue weighted by Gasteiger charge is 1.99. The summed E-state index contributed by atoms with van der Waals surface area (Å²) < 4.78 is 0.